The SMILES string of the molecule is O=C(c1cc(F)ccc1F)N1CCN(Cc2ncn[nH]2)CC1. The third kappa shape index (κ3) is 3.11. The molecular formula is C14H15F2N5O. The van der Waals surface area contributed by atoms with Crippen LogP contribution in [0.5, 0.6) is 0 Å². The Kier molecular flexibility index (Phi) is 4.10. The number of aromatic amines is 1. The molecule has 1 aliphatic rings. The lowest BCUT2D eigenvalue weighted by Crippen LogP contribution is -2.48. The van der Waals surface area contributed by atoms with Crippen LogP contribution in [0, 0.1) is 11.6 Å². The number of hydrogen-bond acceptors (Lipinski definition) is 4. The van der Waals surface area contributed by atoms with E-state index in [-0.39, 0.29) is 5.56 Å². The minimum atomic E-state index is -0.699. The maximum absolute atomic E-state index is 13.7. The summed E-state index contributed by atoms with van der Waals surface area (Å²) in [4.78, 5) is 20.0. The number of rotatable bonds is 3. The van der Waals surface area contributed by atoms with E-state index in [4.69, 9.17) is 0 Å². The highest BCUT2D eigenvalue weighted by Gasteiger charge is 2.24. The zero-order valence-electron chi connectivity index (χ0n) is 11.8. The van der Waals surface area contributed by atoms with Gasteiger partial charge >= 0.3 is 0 Å². The van der Waals surface area contributed by atoms with E-state index >= 15 is 0 Å². The summed E-state index contributed by atoms with van der Waals surface area (Å²) >= 11 is 0. The molecule has 0 aliphatic carbocycles. The average Bonchev–Trinajstić information content (AvgIpc) is 3.03. The second kappa shape index (κ2) is 6.18. The van der Waals surface area contributed by atoms with Gasteiger partial charge in [0.05, 0.1) is 12.1 Å². The van der Waals surface area contributed by atoms with Crippen LogP contribution in [0.25, 0.3) is 0 Å². The highest BCUT2D eigenvalue weighted by Crippen LogP contribution is 2.14. The van der Waals surface area contributed by atoms with Gasteiger partial charge < -0.3 is 4.90 Å². The van der Waals surface area contributed by atoms with Crippen LogP contribution >= 0.6 is 0 Å². The molecule has 6 nitrogen and oxygen atoms in total. The molecule has 0 saturated carbocycles. The van der Waals surface area contributed by atoms with Gasteiger partial charge in [0, 0.05) is 26.2 Å². The standard InChI is InChI=1S/C14H15F2N5O/c15-10-1-2-12(16)11(7-10)14(22)21-5-3-20(4-6-21)8-13-17-9-18-19-13/h1-2,7,9H,3-6,8H2,(H,17,18,19). The Bertz CT molecular complexity index is 653. The predicted octanol–water partition coefficient (Wildman–Crippen LogP) is 1.04. The minimum Gasteiger partial charge on any atom is -0.336 e. The van der Waals surface area contributed by atoms with E-state index in [1.54, 1.807) is 0 Å². The number of nitrogens with one attached hydrogen (secondary N) is 1. The number of carbonyl (C=O) groups excluding carboxylic acids is 1. The number of carbonyl (C=O) groups is 1. The van der Waals surface area contributed by atoms with Crippen LogP contribution in [0.2, 0.25) is 0 Å². The van der Waals surface area contributed by atoms with Gasteiger partial charge in [0.1, 0.15) is 23.8 Å². The molecule has 3 rings (SSSR count). The van der Waals surface area contributed by atoms with Crippen molar-refractivity contribution in [1.82, 2.24) is 25.0 Å². The maximum atomic E-state index is 13.7. The zero-order chi connectivity index (χ0) is 15.5. The number of aromatic nitrogens is 3. The van der Waals surface area contributed by atoms with Crippen LogP contribution in [0.1, 0.15) is 16.2 Å². The first kappa shape index (κ1) is 14.6. The molecule has 0 atom stereocenters. The zero-order valence-corrected chi connectivity index (χ0v) is 11.8. The Balaban J connectivity index is 1.61. The highest BCUT2D eigenvalue weighted by molar-refractivity contribution is 5.94. The van der Waals surface area contributed by atoms with Gasteiger partial charge in [0.2, 0.25) is 0 Å². The smallest absolute Gasteiger partial charge is 0.257 e. The van der Waals surface area contributed by atoms with Crippen LogP contribution in [0.15, 0.2) is 24.5 Å². The van der Waals surface area contributed by atoms with E-state index in [0.29, 0.717) is 32.7 Å². The summed E-state index contributed by atoms with van der Waals surface area (Å²) in [5.41, 5.74) is -0.219. The van der Waals surface area contributed by atoms with Crippen molar-refractivity contribution < 1.29 is 13.6 Å². The van der Waals surface area contributed by atoms with Crippen LogP contribution in [0.4, 0.5) is 8.78 Å². The van der Waals surface area contributed by atoms with E-state index < -0.39 is 17.5 Å². The molecule has 1 amide bonds. The molecule has 0 spiro atoms. The van der Waals surface area contributed by atoms with Crippen molar-refractivity contribution >= 4 is 5.91 Å². The van der Waals surface area contributed by atoms with Gasteiger partial charge in [-0.2, -0.15) is 5.10 Å². The lowest BCUT2D eigenvalue weighted by atomic mass is 10.1. The molecule has 0 radical (unpaired) electrons. The monoisotopic (exact) mass is 307 g/mol. The van der Waals surface area contributed by atoms with Gasteiger partial charge in [-0.3, -0.25) is 14.8 Å². The predicted molar refractivity (Wildman–Crippen MR) is 73.9 cm³/mol. The Morgan fingerprint density at radius 2 is 2.00 bits per heavy atom. The third-order valence-corrected chi connectivity index (χ3v) is 3.66. The fourth-order valence-electron chi connectivity index (χ4n) is 2.46. The molecule has 1 saturated heterocycles. The highest BCUT2D eigenvalue weighted by atomic mass is 19.1. The molecule has 2 heterocycles. The van der Waals surface area contributed by atoms with Crippen molar-refractivity contribution in [3.05, 3.63) is 47.5 Å². The molecule has 8 heteroatoms. The topological polar surface area (TPSA) is 65.1 Å². The Morgan fingerprint density at radius 1 is 1.23 bits per heavy atom. The van der Waals surface area contributed by atoms with Crippen molar-refractivity contribution in [2.45, 2.75) is 6.54 Å². The lowest BCUT2D eigenvalue weighted by Gasteiger charge is -2.34. The minimum absolute atomic E-state index is 0.219. The fraction of sp³-hybridized carbons (Fsp3) is 0.357. The van der Waals surface area contributed by atoms with Crippen molar-refractivity contribution in [2.75, 3.05) is 26.2 Å². The molecule has 1 aromatic carbocycles. The molecular weight excluding hydrogens is 292 g/mol. The lowest BCUT2D eigenvalue weighted by molar-refractivity contribution is 0.0620. The molecule has 0 unspecified atom stereocenters. The van der Waals surface area contributed by atoms with Gasteiger partial charge in [-0.05, 0) is 18.2 Å². The summed E-state index contributed by atoms with van der Waals surface area (Å²) in [7, 11) is 0. The van der Waals surface area contributed by atoms with Gasteiger partial charge in [0.25, 0.3) is 5.91 Å². The molecule has 1 aliphatic heterocycles. The number of halogens is 2. The summed E-state index contributed by atoms with van der Waals surface area (Å²) in [5.74, 6) is -1.03. The maximum Gasteiger partial charge on any atom is 0.257 e. The molecule has 2 aromatic rings. The number of nitrogens with zero attached hydrogens (tertiary/aromatic N) is 4. The first-order valence-corrected chi connectivity index (χ1v) is 6.94. The van der Waals surface area contributed by atoms with Gasteiger partial charge in [-0.15, -0.1) is 0 Å². The number of amides is 1. The van der Waals surface area contributed by atoms with E-state index in [9.17, 15) is 13.6 Å². The summed E-state index contributed by atoms with van der Waals surface area (Å²) < 4.78 is 26.8. The fourth-order valence-corrected chi connectivity index (χ4v) is 2.46. The second-order valence-electron chi connectivity index (χ2n) is 5.12. The van der Waals surface area contributed by atoms with Gasteiger partial charge in [-0.1, -0.05) is 0 Å². The number of H-pyrrole nitrogens is 1. The molecule has 22 heavy (non-hydrogen) atoms. The normalized spacial score (nSPS) is 16.0. The van der Waals surface area contributed by atoms with E-state index in [2.05, 4.69) is 20.1 Å². The van der Waals surface area contributed by atoms with Crippen LogP contribution in [-0.2, 0) is 6.54 Å². The second-order valence-corrected chi connectivity index (χ2v) is 5.12. The molecule has 1 N–H and O–H groups in total. The Labute approximate surface area is 125 Å². The number of piperazine rings is 1. The van der Waals surface area contributed by atoms with Crippen molar-refractivity contribution in [3.63, 3.8) is 0 Å². The number of hydrogen-bond donors (Lipinski definition) is 1. The van der Waals surface area contributed by atoms with Crippen molar-refractivity contribution in [3.8, 4) is 0 Å². The molecule has 1 fully saturated rings. The molecule has 1 aromatic heterocycles. The summed E-state index contributed by atoms with van der Waals surface area (Å²) in [6.45, 7) is 2.83. The number of benzene rings is 1. The quantitative estimate of drug-likeness (QED) is 0.920. The summed E-state index contributed by atoms with van der Waals surface area (Å²) in [6.07, 6.45) is 1.45. The summed E-state index contributed by atoms with van der Waals surface area (Å²) in [6, 6.07) is 2.92. The van der Waals surface area contributed by atoms with Gasteiger partial charge in [0.15, 0.2) is 0 Å². The Morgan fingerprint density at radius 3 is 2.68 bits per heavy atom. The van der Waals surface area contributed by atoms with Crippen molar-refractivity contribution in [2.24, 2.45) is 0 Å². The largest absolute Gasteiger partial charge is 0.336 e. The molecule has 0 bridgehead atoms. The van der Waals surface area contributed by atoms with E-state index in [1.165, 1.54) is 11.2 Å². The van der Waals surface area contributed by atoms with Crippen LogP contribution < -0.4 is 0 Å². The first-order valence-electron chi connectivity index (χ1n) is 6.94. The first-order chi connectivity index (χ1) is 10.6. The average molecular weight is 307 g/mol. The van der Waals surface area contributed by atoms with E-state index in [0.717, 1.165) is 24.0 Å². The molecule has 116 valence electrons. The van der Waals surface area contributed by atoms with Crippen molar-refractivity contribution in [1.29, 1.82) is 0 Å². The summed E-state index contributed by atoms with van der Waals surface area (Å²) in [5, 5.41) is 6.57. The third-order valence-electron chi connectivity index (χ3n) is 3.66. The Hall–Kier alpha value is -2.35. The van der Waals surface area contributed by atoms with Gasteiger partial charge in [-0.25, -0.2) is 13.8 Å². The van der Waals surface area contributed by atoms with Crippen LogP contribution in [-0.4, -0.2) is 57.1 Å². The van der Waals surface area contributed by atoms with E-state index in [1.807, 2.05) is 0 Å². The van der Waals surface area contributed by atoms with Crippen LogP contribution in [0.3, 0.4) is 0 Å².